The maximum atomic E-state index is 12.6. The van der Waals surface area contributed by atoms with Gasteiger partial charge in [-0.15, -0.1) is 0 Å². The van der Waals surface area contributed by atoms with Crippen LogP contribution < -0.4 is 11.1 Å². The Hall–Kier alpha value is -2.67. The molecule has 6 nitrogen and oxygen atoms in total. The normalized spacial score (nSPS) is 11.7. The van der Waals surface area contributed by atoms with Crippen LogP contribution in [0.15, 0.2) is 60.7 Å². The molecule has 0 aliphatic carbocycles. The van der Waals surface area contributed by atoms with Gasteiger partial charge in [0, 0.05) is 0 Å². The molecule has 1 unspecified atom stereocenters. The molecule has 0 aliphatic heterocycles. The molecule has 0 fully saturated rings. The van der Waals surface area contributed by atoms with Crippen molar-refractivity contribution in [2.45, 2.75) is 5.25 Å². The lowest BCUT2D eigenvalue weighted by Gasteiger charge is -2.16. The Balaban J connectivity index is 2.19. The van der Waals surface area contributed by atoms with E-state index in [9.17, 15) is 9.00 Å². The number of hydrogen-bond acceptors (Lipinski definition) is 4. The summed E-state index contributed by atoms with van der Waals surface area (Å²) in [6.45, 7) is -0.308. The van der Waals surface area contributed by atoms with Gasteiger partial charge < -0.3 is 15.2 Å². The van der Waals surface area contributed by atoms with Crippen LogP contribution >= 0.6 is 0 Å². The monoisotopic (exact) mass is 331 g/mol. The fraction of sp³-hybridized carbons (Fsp3) is 0.125. The van der Waals surface area contributed by atoms with Crippen LogP contribution in [0.25, 0.3) is 0 Å². The number of nitrogens with two attached hydrogens (primary N) is 1. The van der Waals surface area contributed by atoms with Crippen molar-refractivity contribution >= 4 is 23.0 Å². The van der Waals surface area contributed by atoms with Gasteiger partial charge in [-0.3, -0.25) is 5.41 Å². The number of carbonyl (C=O) groups excluding carboxylic acids is 1. The van der Waals surface area contributed by atoms with E-state index in [1.807, 2.05) is 60.7 Å². The van der Waals surface area contributed by atoms with E-state index in [4.69, 9.17) is 15.3 Å². The van der Waals surface area contributed by atoms with Gasteiger partial charge in [0.2, 0.25) is 11.1 Å². The van der Waals surface area contributed by atoms with Crippen molar-refractivity contribution in [3.8, 4) is 0 Å². The van der Waals surface area contributed by atoms with Crippen LogP contribution in [-0.2, 0) is 20.1 Å². The molecule has 7 heteroatoms. The minimum Gasteiger partial charge on any atom is -0.370 e. The first kappa shape index (κ1) is 16.7. The Bertz CT molecular complexity index is 653. The summed E-state index contributed by atoms with van der Waals surface area (Å²) in [5.74, 6) is -1.09. The van der Waals surface area contributed by atoms with Crippen molar-refractivity contribution < 1.29 is 13.2 Å². The summed E-state index contributed by atoms with van der Waals surface area (Å²) in [5, 5.41) is 8.74. The van der Waals surface area contributed by atoms with E-state index < -0.39 is 22.3 Å². The molecular weight excluding hydrogens is 314 g/mol. The van der Waals surface area contributed by atoms with Crippen LogP contribution in [0.1, 0.15) is 16.4 Å². The molecule has 1 atom stereocenters. The van der Waals surface area contributed by atoms with Crippen LogP contribution in [0.3, 0.4) is 0 Å². The van der Waals surface area contributed by atoms with E-state index in [2.05, 4.69) is 5.32 Å². The van der Waals surface area contributed by atoms with Gasteiger partial charge in [0.1, 0.15) is 11.8 Å². The Morgan fingerprint density at radius 3 is 2.00 bits per heavy atom. The van der Waals surface area contributed by atoms with Gasteiger partial charge in [-0.2, -0.15) is 0 Å². The highest BCUT2D eigenvalue weighted by Gasteiger charge is 2.24. The van der Waals surface area contributed by atoms with E-state index in [0.717, 1.165) is 11.1 Å². The SMILES string of the molecule is N=C(N)NCC(=O)OS(=O)C(c1ccccc1)c1ccccc1. The van der Waals surface area contributed by atoms with E-state index >= 15 is 0 Å². The molecule has 4 N–H and O–H groups in total. The summed E-state index contributed by atoms with van der Waals surface area (Å²) in [6.07, 6.45) is 0. The highest BCUT2D eigenvalue weighted by atomic mass is 32.2. The fourth-order valence-electron chi connectivity index (χ4n) is 2.01. The molecule has 0 spiro atoms. The molecule has 0 amide bonds. The van der Waals surface area contributed by atoms with Crippen molar-refractivity contribution in [2.24, 2.45) is 5.73 Å². The van der Waals surface area contributed by atoms with Crippen molar-refractivity contribution in [1.29, 1.82) is 5.41 Å². The van der Waals surface area contributed by atoms with Crippen LogP contribution in [0, 0.1) is 5.41 Å². The minimum atomic E-state index is -1.91. The van der Waals surface area contributed by atoms with Gasteiger partial charge in [0.05, 0.1) is 0 Å². The summed E-state index contributed by atoms with van der Waals surface area (Å²) < 4.78 is 17.5. The number of guanidine groups is 1. The van der Waals surface area contributed by atoms with E-state index in [-0.39, 0.29) is 12.5 Å². The van der Waals surface area contributed by atoms with E-state index in [1.165, 1.54) is 0 Å². The van der Waals surface area contributed by atoms with Crippen molar-refractivity contribution in [3.63, 3.8) is 0 Å². The van der Waals surface area contributed by atoms with Gasteiger partial charge in [0.15, 0.2) is 5.96 Å². The highest BCUT2D eigenvalue weighted by molar-refractivity contribution is 7.81. The first-order chi connectivity index (χ1) is 11.1. The number of hydrogen-bond donors (Lipinski definition) is 3. The third-order valence-corrected chi connectivity index (χ3v) is 4.27. The summed E-state index contributed by atoms with van der Waals surface area (Å²) in [7, 11) is 0. The van der Waals surface area contributed by atoms with Crippen molar-refractivity contribution in [3.05, 3.63) is 71.8 Å². The smallest absolute Gasteiger partial charge is 0.339 e. The summed E-state index contributed by atoms with van der Waals surface area (Å²) in [6, 6.07) is 18.4. The number of carbonyl (C=O) groups is 1. The lowest BCUT2D eigenvalue weighted by Crippen LogP contribution is -2.35. The first-order valence-corrected chi connectivity index (χ1v) is 8.01. The third kappa shape index (κ3) is 4.93. The number of nitrogens with one attached hydrogen (secondary N) is 2. The van der Waals surface area contributed by atoms with Gasteiger partial charge in [-0.1, -0.05) is 60.7 Å². The quantitative estimate of drug-likeness (QED) is 0.549. The Morgan fingerprint density at radius 1 is 1.09 bits per heavy atom. The van der Waals surface area contributed by atoms with Crippen LogP contribution in [0.4, 0.5) is 0 Å². The molecule has 2 aromatic carbocycles. The van der Waals surface area contributed by atoms with Crippen LogP contribution in [0.5, 0.6) is 0 Å². The fourth-order valence-corrected chi connectivity index (χ4v) is 3.10. The van der Waals surface area contributed by atoms with E-state index in [1.54, 1.807) is 0 Å². The molecule has 0 bridgehead atoms. The number of benzene rings is 2. The highest BCUT2D eigenvalue weighted by Crippen LogP contribution is 2.28. The van der Waals surface area contributed by atoms with Gasteiger partial charge >= 0.3 is 5.97 Å². The number of rotatable bonds is 6. The molecule has 0 heterocycles. The Labute approximate surface area is 136 Å². The summed E-state index contributed by atoms with van der Waals surface area (Å²) in [5.41, 5.74) is 6.67. The predicted octanol–water partition coefficient (Wildman–Crippen LogP) is 1.47. The standard InChI is InChI=1S/C16H17N3O3S/c17-16(18)19-11-14(20)22-23(21)15(12-7-3-1-4-8-12)13-9-5-2-6-10-13/h1-10,15H,11H2,(H4,17,18,19). The average molecular weight is 331 g/mol. The van der Waals surface area contributed by atoms with Gasteiger partial charge in [-0.25, -0.2) is 9.00 Å². The van der Waals surface area contributed by atoms with Crippen LogP contribution in [0.2, 0.25) is 0 Å². The molecular formula is C16H17N3O3S. The van der Waals surface area contributed by atoms with E-state index in [0.29, 0.717) is 0 Å². The molecule has 0 aliphatic rings. The van der Waals surface area contributed by atoms with Crippen molar-refractivity contribution in [1.82, 2.24) is 5.32 Å². The Morgan fingerprint density at radius 2 is 1.57 bits per heavy atom. The molecule has 2 aromatic rings. The van der Waals surface area contributed by atoms with Gasteiger partial charge in [0.25, 0.3) is 0 Å². The summed E-state index contributed by atoms with van der Waals surface area (Å²) in [4.78, 5) is 11.7. The molecule has 2 rings (SSSR count). The summed E-state index contributed by atoms with van der Waals surface area (Å²) >= 11 is -1.91. The predicted molar refractivity (Wildman–Crippen MR) is 88.9 cm³/mol. The average Bonchev–Trinajstić information content (AvgIpc) is 2.55. The lowest BCUT2D eigenvalue weighted by molar-refractivity contribution is -0.132. The minimum absolute atomic E-state index is 0.308. The largest absolute Gasteiger partial charge is 0.370 e. The second kappa shape index (κ2) is 8.09. The van der Waals surface area contributed by atoms with Gasteiger partial charge in [-0.05, 0) is 11.1 Å². The zero-order chi connectivity index (χ0) is 16.7. The maximum Gasteiger partial charge on any atom is 0.339 e. The first-order valence-electron chi connectivity index (χ1n) is 6.87. The molecule has 0 radical (unpaired) electrons. The Kier molecular flexibility index (Phi) is 5.87. The zero-order valence-corrected chi connectivity index (χ0v) is 13.1. The topological polar surface area (TPSA) is 105 Å². The zero-order valence-electron chi connectivity index (χ0n) is 12.3. The molecule has 0 saturated heterocycles. The lowest BCUT2D eigenvalue weighted by atomic mass is 10.0. The molecule has 23 heavy (non-hydrogen) atoms. The maximum absolute atomic E-state index is 12.6. The molecule has 120 valence electrons. The molecule has 0 saturated carbocycles. The third-order valence-electron chi connectivity index (χ3n) is 3.00. The van der Waals surface area contributed by atoms with Crippen LogP contribution in [-0.4, -0.2) is 22.7 Å². The molecule has 0 aromatic heterocycles. The second-order valence-corrected chi connectivity index (χ2v) is 5.84. The second-order valence-electron chi connectivity index (χ2n) is 4.68. The van der Waals surface area contributed by atoms with Crippen molar-refractivity contribution in [2.75, 3.05) is 6.54 Å².